The number of nitriles is 2. The zero-order valence-electron chi connectivity index (χ0n) is 8.46. The molecule has 0 amide bonds. The maximum atomic E-state index is 9.16. The number of allylic oxidation sites excluding steroid dienone is 1. The summed E-state index contributed by atoms with van der Waals surface area (Å²) in [6, 6.07) is 9.41. The Hall–Kier alpha value is -2.46. The zero-order valence-corrected chi connectivity index (χ0v) is 8.46. The standard InChI is InChI=1S/C12H8N4/c13-8-12(9-14)5-3-7-16-11(12)10-4-1-2-6-15-10/h1-4,6-7H,5H2. The van der Waals surface area contributed by atoms with Crippen molar-refractivity contribution in [1.82, 2.24) is 4.98 Å². The van der Waals surface area contributed by atoms with Crippen molar-refractivity contribution in [1.29, 1.82) is 10.5 Å². The van der Waals surface area contributed by atoms with Crippen LogP contribution in [0.3, 0.4) is 0 Å². The van der Waals surface area contributed by atoms with Crippen molar-refractivity contribution in [2.45, 2.75) is 6.42 Å². The highest BCUT2D eigenvalue weighted by Crippen LogP contribution is 2.29. The van der Waals surface area contributed by atoms with Crippen LogP contribution in [0.2, 0.25) is 0 Å². The topological polar surface area (TPSA) is 72.8 Å². The van der Waals surface area contributed by atoms with Crippen LogP contribution in [0.5, 0.6) is 0 Å². The van der Waals surface area contributed by atoms with E-state index in [0.29, 0.717) is 17.8 Å². The van der Waals surface area contributed by atoms with Gasteiger partial charge in [-0.05, 0) is 12.1 Å². The zero-order chi connectivity index (χ0) is 11.4. The van der Waals surface area contributed by atoms with Gasteiger partial charge in [0.05, 0.1) is 17.8 Å². The lowest BCUT2D eigenvalue weighted by Crippen LogP contribution is -2.30. The smallest absolute Gasteiger partial charge is 0.190 e. The van der Waals surface area contributed by atoms with Gasteiger partial charge in [-0.15, -0.1) is 0 Å². The van der Waals surface area contributed by atoms with E-state index in [2.05, 4.69) is 9.98 Å². The molecule has 0 saturated carbocycles. The molecular formula is C12H8N4. The van der Waals surface area contributed by atoms with Gasteiger partial charge < -0.3 is 0 Å². The molecule has 1 aromatic heterocycles. The molecule has 0 radical (unpaired) electrons. The quantitative estimate of drug-likeness (QED) is 0.706. The van der Waals surface area contributed by atoms with Crippen LogP contribution in [0.25, 0.3) is 0 Å². The first-order valence-corrected chi connectivity index (χ1v) is 4.79. The molecule has 0 saturated heterocycles. The SMILES string of the molecule is N#CC1(C#N)CC=CN=C1c1ccccn1. The van der Waals surface area contributed by atoms with Gasteiger partial charge in [0.1, 0.15) is 5.71 Å². The molecule has 0 aromatic carbocycles. The molecule has 76 valence electrons. The Kier molecular flexibility index (Phi) is 2.49. The summed E-state index contributed by atoms with van der Waals surface area (Å²) in [4.78, 5) is 8.25. The lowest BCUT2D eigenvalue weighted by molar-refractivity contribution is 0.709. The first-order valence-electron chi connectivity index (χ1n) is 4.79. The van der Waals surface area contributed by atoms with Gasteiger partial charge in [-0.3, -0.25) is 9.98 Å². The largest absolute Gasteiger partial charge is 0.257 e. The highest BCUT2D eigenvalue weighted by molar-refractivity contribution is 6.07. The Labute approximate surface area is 93.2 Å². The highest BCUT2D eigenvalue weighted by atomic mass is 14.8. The van der Waals surface area contributed by atoms with Crippen LogP contribution in [0.1, 0.15) is 12.1 Å². The Morgan fingerprint density at radius 1 is 1.25 bits per heavy atom. The fraction of sp³-hybridized carbons (Fsp3) is 0.167. The fourth-order valence-electron chi connectivity index (χ4n) is 1.57. The van der Waals surface area contributed by atoms with Gasteiger partial charge in [0.15, 0.2) is 5.41 Å². The van der Waals surface area contributed by atoms with Crippen LogP contribution in [-0.4, -0.2) is 10.7 Å². The molecule has 1 aliphatic rings. The van der Waals surface area contributed by atoms with Crippen LogP contribution in [0, 0.1) is 28.1 Å². The van der Waals surface area contributed by atoms with E-state index in [4.69, 9.17) is 10.5 Å². The van der Waals surface area contributed by atoms with E-state index in [0.717, 1.165) is 0 Å². The average Bonchev–Trinajstić information content (AvgIpc) is 2.39. The van der Waals surface area contributed by atoms with E-state index in [1.807, 2.05) is 18.2 Å². The molecule has 0 fully saturated rings. The van der Waals surface area contributed by atoms with Crippen molar-refractivity contribution in [3.8, 4) is 12.1 Å². The van der Waals surface area contributed by atoms with Gasteiger partial charge in [-0.2, -0.15) is 10.5 Å². The monoisotopic (exact) mass is 208 g/mol. The summed E-state index contributed by atoms with van der Waals surface area (Å²) in [6.45, 7) is 0. The maximum absolute atomic E-state index is 9.16. The van der Waals surface area contributed by atoms with Crippen LogP contribution >= 0.6 is 0 Å². The third kappa shape index (κ3) is 1.47. The predicted molar refractivity (Wildman–Crippen MR) is 58.2 cm³/mol. The number of hydrogen-bond acceptors (Lipinski definition) is 4. The molecule has 4 heteroatoms. The van der Waals surface area contributed by atoms with E-state index in [1.54, 1.807) is 30.6 Å². The molecule has 0 bridgehead atoms. The fourth-order valence-corrected chi connectivity index (χ4v) is 1.57. The van der Waals surface area contributed by atoms with Crippen molar-refractivity contribution in [3.63, 3.8) is 0 Å². The first kappa shape index (κ1) is 10.1. The van der Waals surface area contributed by atoms with E-state index in [1.165, 1.54) is 0 Å². The minimum absolute atomic E-state index is 0.357. The van der Waals surface area contributed by atoms with E-state index in [-0.39, 0.29) is 0 Å². The Morgan fingerprint density at radius 3 is 2.69 bits per heavy atom. The van der Waals surface area contributed by atoms with Gasteiger partial charge in [0.25, 0.3) is 0 Å². The summed E-state index contributed by atoms with van der Waals surface area (Å²) in [5, 5.41) is 18.3. The molecule has 4 nitrogen and oxygen atoms in total. The highest BCUT2D eigenvalue weighted by Gasteiger charge is 2.38. The lowest BCUT2D eigenvalue weighted by Gasteiger charge is -2.20. The third-order valence-electron chi connectivity index (χ3n) is 2.43. The summed E-state index contributed by atoms with van der Waals surface area (Å²) >= 11 is 0. The van der Waals surface area contributed by atoms with Gasteiger partial charge >= 0.3 is 0 Å². The number of pyridine rings is 1. The summed E-state index contributed by atoms with van der Waals surface area (Å²) < 4.78 is 0. The van der Waals surface area contributed by atoms with E-state index >= 15 is 0 Å². The van der Waals surface area contributed by atoms with E-state index < -0.39 is 5.41 Å². The summed E-state index contributed by atoms with van der Waals surface area (Å²) in [6.07, 6.45) is 5.31. The summed E-state index contributed by atoms with van der Waals surface area (Å²) in [5.74, 6) is 0. The molecule has 0 spiro atoms. The van der Waals surface area contributed by atoms with Crippen LogP contribution in [-0.2, 0) is 0 Å². The van der Waals surface area contributed by atoms with Crippen molar-refractivity contribution < 1.29 is 0 Å². The third-order valence-corrected chi connectivity index (χ3v) is 2.43. The number of hydrogen-bond donors (Lipinski definition) is 0. The normalized spacial score (nSPS) is 17.0. The number of aromatic nitrogens is 1. The minimum Gasteiger partial charge on any atom is -0.257 e. The molecular weight excluding hydrogens is 200 g/mol. The van der Waals surface area contributed by atoms with Crippen LogP contribution in [0.15, 0.2) is 41.7 Å². The van der Waals surface area contributed by atoms with Crippen LogP contribution < -0.4 is 0 Å². The lowest BCUT2D eigenvalue weighted by atomic mass is 9.79. The van der Waals surface area contributed by atoms with Gasteiger partial charge in [0, 0.05) is 18.8 Å². The first-order chi connectivity index (χ1) is 7.82. The molecule has 0 N–H and O–H groups in total. The summed E-state index contributed by atoms with van der Waals surface area (Å²) in [5.41, 5.74) is -0.195. The molecule has 16 heavy (non-hydrogen) atoms. The molecule has 0 aliphatic carbocycles. The molecule has 0 atom stereocenters. The molecule has 2 rings (SSSR count). The number of nitrogens with zero attached hydrogens (tertiary/aromatic N) is 4. The van der Waals surface area contributed by atoms with Gasteiger partial charge in [0.2, 0.25) is 0 Å². The average molecular weight is 208 g/mol. The molecule has 0 unspecified atom stereocenters. The predicted octanol–water partition coefficient (Wildman–Crippen LogP) is 1.82. The van der Waals surface area contributed by atoms with Gasteiger partial charge in [-0.25, -0.2) is 0 Å². The van der Waals surface area contributed by atoms with Crippen molar-refractivity contribution in [2.75, 3.05) is 0 Å². The Morgan fingerprint density at radius 2 is 2.06 bits per heavy atom. The summed E-state index contributed by atoms with van der Waals surface area (Å²) in [7, 11) is 0. The minimum atomic E-state index is -1.21. The second kappa shape index (κ2) is 3.96. The van der Waals surface area contributed by atoms with Crippen molar-refractivity contribution in [3.05, 3.63) is 42.4 Å². The van der Waals surface area contributed by atoms with Gasteiger partial charge in [-0.1, -0.05) is 12.1 Å². The number of rotatable bonds is 1. The molecule has 2 heterocycles. The Balaban J connectivity index is 2.55. The van der Waals surface area contributed by atoms with Crippen LogP contribution in [0.4, 0.5) is 0 Å². The Bertz CT molecular complexity index is 514. The van der Waals surface area contributed by atoms with E-state index in [9.17, 15) is 0 Å². The molecule has 1 aliphatic heterocycles. The van der Waals surface area contributed by atoms with Crippen molar-refractivity contribution >= 4 is 5.71 Å². The number of aliphatic imine (C=N–C) groups is 1. The maximum Gasteiger partial charge on any atom is 0.190 e. The van der Waals surface area contributed by atoms with Crippen molar-refractivity contribution in [2.24, 2.45) is 10.4 Å². The second-order valence-electron chi connectivity index (χ2n) is 3.41. The second-order valence-corrected chi connectivity index (χ2v) is 3.41. The molecule has 1 aromatic rings.